The summed E-state index contributed by atoms with van der Waals surface area (Å²) >= 11 is 0. The third-order valence-electron chi connectivity index (χ3n) is 4.27. The lowest BCUT2D eigenvalue weighted by Gasteiger charge is -2.35. The van der Waals surface area contributed by atoms with Crippen LogP contribution in [0.4, 0.5) is 11.8 Å². The van der Waals surface area contributed by atoms with Gasteiger partial charge >= 0.3 is 0 Å². The van der Waals surface area contributed by atoms with Crippen molar-refractivity contribution in [1.82, 2.24) is 14.9 Å². The van der Waals surface area contributed by atoms with Gasteiger partial charge in [0.1, 0.15) is 5.82 Å². The van der Waals surface area contributed by atoms with Crippen molar-refractivity contribution in [2.24, 2.45) is 0 Å². The van der Waals surface area contributed by atoms with Crippen molar-refractivity contribution in [3.63, 3.8) is 0 Å². The number of likely N-dealkylation sites (N-methyl/N-ethyl adjacent to an activating group) is 1. The molecule has 0 atom stereocenters. The van der Waals surface area contributed by atoms with Crippen molar-refractivity contribution in [2.75, 3.05) is 68.8 Å². The molecule has 1 aromatic heterocycles. The average molecular weight is 291 g/mol. The predicted molar refractivity (Wildman–Crippen MR) is 84.1 cm³/mol. The molecule has 0 radical (unpaired) electrons. The fraction of sp³-hybridized carbons (Fsp3) is 0.733. The van der Waals surface area contributed by atoms with Crippen LogP contribution < -0.4 is 9.80 Å². The van der Waals surface area contributed by atoms with E-state index in [4.69, 9.17) is 9.72 Å². The van der Waals surface area contributed by atoms with Crippen LogP contribution in [0.15, 0.2) is 6.07 Å². The number of hydrogen-bond donors (Lipinski definition) is 0. The van der Waals surface area contributed by atoms with Crippen LogP contribution in [0.3, 0.4) is 0 Å². The lowest BCUT2D eigenvalue weighted by atomic mass is 10.3. The Morgan fingerprint density at radius 1 is 1.00 bits per heavy atom. The number of anilines is 2. The van der Waals surface area contributed by atoms with Gasteiger partial charge in [0.25, 0.3) is 0 Å². The molecule has 0 N–H and O–H groups in total. The predicted octanol–water partition coefficient (Wildman–Crippen LogP) is 0.764. The van der Waals surface area contributed by atoms with Gasteiger partial charge in [-0.25, -0.2) is 4.98 Å². The SMILES string of the molecule is CCN1CCN(c2nc(C)cc(N3CCOCC3)n2)CC1. The second kappa shape index (κ2) is 6.58. The van der Waals surface area contributed by atoms with Crippen molar-refractivity contribution < 1.29 is 4.74 Å². The molecule has 21 heavy (non-hydrogen) atoms. The Balaban J connectivity index is 1.74. The maximum Gasteiger partial charge on any atom is 0.227 e. The maximum atomic E-state index is 5.42. The van der Waals surface area contributed by atoms with Crippen LogP contribution in [-0.4, -0.2) is 73.9 Å². The van der Waals surface area contributed by atoms with E-state index in [1.165, 1.54) is 0 Å². The van der Waals surface area contributed by atoms with E-state index in [0.29, 0.717) is 0 Å². The fourth-order valence-electron chi connectivity index (χ4n) is 2.90. The molecule has 0 aliphatic carbocycles. The Kier molecular flexibility index (Phi) is 4.55. The minimum Gasteiger partial charge on any atom is -0.378 e. The number of hydrogen-bond acceptors (Lipinski definition) is 6. The molecule has 0 amide bonds. The summed E-state index contributed by atoms with van der Waals surface area (Å²) < 4.78 is 5.42. The summed E-state index contributed by atoms with van der Waals surface area (Å²) in [4.78, 5) is 16.5. The molecule has 6 heteroatoms. The molecule has 0 unspecified atom stereocenters. The van der Waals surface area contributed by atoms with E-state index in [1.54, 1.807) is 0 Å². The summed E-state index contributed by atoms with van der Waals surface area (Å²) in [7, 11) is 0. The summed E-state index contributed by atoms with van der Waals surface area (Å²) in [5.41, 5.74) is 1.04. The zero-order valence-electron chi connectivity index (χ0n) is 13.1. The van der Waals surface area contributed by atoms with Gasteiger partial charge in [0.05, 0.1) is 13.2 Å². The first-order valence-corrected chi connectivity index (χ1v) is 7.92. The molecular formula is C15H25N5O. The molecule has 1 aromatic rings. The van der Waals surface area contributed by atoms with E-state index in [1.807, 2.05) is 0 Å². The Morgan fingerprint density at radius 2 is 1.71 bits per heavy atom. The van der Waals surface area contributed by atoms with Gasteiger partial charge in [0, 0.05) is 51.0 Å². The Morgan fingerprint density at radius 3 is 2.38 bits per heavy atom. The highest BCUT2D eigenvalue weighted by Gasteiger charge is 2.20. The number of aromatic nitrogens is 2. The number of nitrogens with zero attached hydrogens (tertiary/aromatic N) is 5. The Labute approximate surface area is 126 Å². The van der Waals surface area contributed by atoms with Gasteiger partial charge in [-0.15, -0.1) is 0 Å². The molecule has 2 aliphatic rings. The molecule has 2 saturated heterocycles. The molecule has 3 rings (SSSR count). The first-order valence-electron chi connectivity index (χ1n) is 7.92. The molecule has 6 nitrogen and oxygen atoms in total. The second-order valence-corrected chi connectivity index (χ2v) is 5.69. The molecule has 116 valence electrons. The van der Waals surface area contributed by atoms with Crippen molar-refractivity contribution >= 4 is 11.8 Å². The molecule has 0 bridgehead atoms. The van der Waals surface area contributed by atoms with Crippen LogP contribution in [-0.2, 0) is 4.74 Å². The molecule has 2 fully saturated rings. The number of aryl methyl sites for hydroxylation is 1. The summed E-state index contributed by atoms with van der Waals surface area (Å²) in [5.74, 6) is 1.92. The minimum absolute atomic E-state index is 0.785. The second-order valence-electron chi connectivity index (χ2n) is 5.69. The van der Waals surface area contributed by atoms with Gasteiger partial charge in [-0.05, 0) is 13.5 Å². The van der Waals surface area contributed by atoms with Gasteiger partial charge in [0.2, 0.25) is 5.95 Å². The van der Waals surface area contributed by atoms with Crippen molar-refractivity contribution in [1.29, 1.82) is 0 Å². The molecule has 0 saturated carbocycles. The summed E-state index contributed by atoms with van der Waals surface area (Å²) in [6, 6.07) is 2.08. The van der Waals surface area contributed by atoms with Gasteiger partial charge in [-0.3, -0.25) is 0 Å². The number of ether oxygens (including phenoxy) is 1. The van der Waals surface area contributed by atoms with E-state index in [-0.39, 0.29) is 0 Å². The maximum absolute atomic E-state index is 5.42. The summed E-state index contributed by atoms with van der Waals surface area (Å²) in [5, 5.41) is 0. The van der Waals surface area contributed by atoms with Crippen molar-refractivity contribution in [3.8, 4) is 0 Å². The highest BCUT2D eigenvalue weighted by atomic mass is 16.5. The monoisotopic (exact) mass is 291 g/mol. The normalized spacial score (nSPS) is 20.9. The van der Waals surface area contributed by atoms with E-state index >= 15 is 0 Å². The fourth-order valence-corrected chi connectivity index (χ4v) is 2.90. The van der Waals surface area contributed by atoms with Gasteiger partial charge in [-0.2, -0.15) is 4.98 Å². The average Bonchev–Trinajstić information content (AvgIpc) is 2.55. The zero-order chi connectivity index (χ0) is 14.7. The lowest BCUT2D eigenvalue weighted by Crippen LogP contribution is -2.47. The van der Waals surface area contributed by atoms with Gasteiger partial charge < -0.3 is 19.4 Å². The van der Waals surface area contributed by atoms with Crippen LogP contribution in [0, 0.1) is 6.92 Å². The van der Waals surface area contributed by atoms with Crippen LogP contribution >= 0.6 is 0 Å². The zero-order valence-corrected chi connectivity index (χ0v) is 13.1. The standard InChI is InChI=1S/C15H25N5O/c1-3-18-4-6-20(7-5-18)15-16-13(2)12-14(17-15)19-8-10-21-11-9-19/h12H,3-11H2,1-2H3. The first kappa shape index (κ1) is 14.5. The van der Waals surface area contributed by atoms with Crippen LogP contribution in [0.25, 0.3) is 0 Å². The number of piperazine rings is 1. The van der Waals surface area contributed by atoms with Crippen LogP contribution in [0.5, 0.6) is 0 Å². The molecule has 2 aliphatic heterocycles. The van der Waals surface area contributed by atoms with Crippen LogP contribution in [0.2, 0.25) is 0 Å². The highest BCUT2D eigenvalue weighted by Crippen LogP contribution is 2.19. The third-order valence-corrected chi connectivity index (χ3v) is 4.27. The Hall–Kier alpha value is -1.40. The van der Waals surface area contributed by atoms with Gasteiger partial charge in [0.15, 0.2) is 0 Å². The number of morpholine rings is 1. The summed E-state index contributed by atoms with van der Waals surface area (Å²) in [6.07, 6.45) is 0. The quantitative estimate of drug-likeness (QED) is 0.819. The lowest BCUT2D eigenvalue weighted by molar-refractivity contribution is 0.122. The van der Waals surface area contributed by atoms with E-state index in [9.17, 15) is 0 Å². The summed E-state index contributed by atoms with van der Waals surface area (Å²) in [6.45, 7) is 13.0. The molecule has 0 spiro atoms. The minimum atomic E-state index is 0.785. The largest absolute Gasteiger partial charge is 0.378 e. The highest BCUT2D eigenvalue weighted by molar-refractivity contribution is 5.46. The smallest absolute Gasteiger partial charge is 0.227 e. The van der Waals surface area contributed by atoms with E-state index in [0.717, 1.165) is 76.5 Å². The van der Waals surface area contributed by atoms with E-state index < -0.39 is 0 Å². The molecule has 0 aromatic carbocycles. The Bertz CT molecular complexity index is 467. The molecular weight excluding hydrogens is 266 g/mol. The first-order chi connectivity index (χ1) is 10.3. The topological polar surface area (TPSA) is 44.7 Å². The van der Waals surface area contributed by atoms with Gasteiger partial charge in [-0.1, -0.05) is 6.92 Å². The van der Waals surface area contributed by atoms with E-state index in [2.05, 4.69) is 39.6 Å². The molecule has 3 heterocycles. The number of rotatable bonds is 3. The van der Waals surface area contributed by atoms with Crippen molar-refractivity contribution in [2.45, 2.75) is 13.8 Å². The van der Waals surface area contributed by atoms with Crippen LogP contribution in [0.1, 0.15) is 12.6 Å². The third kappa shape index (κ3) is 3.44. The van der Waals surface area contributed by atoms with Crippen molar-refractivity contribution in [3.05, 3.63) is 11.8 Å².